The average Bonchev–Trinajstić information content (AvgIpc) is 3.79. The lowest BCUT2D eigenvalue weighted by Crippen LogP contribution is -2.48. The molecule has 310 valence electrons. The van der Waals surface area contributed by atoms with E-state index in [0.29, 0.717) is 11.5 Å². The Kier molecular flexibility index (Phi) is 9.19. The Morgan fingerprint density at radius 1 is 0.683 bits per heavy atom. The number of nitrogens with zero attached hydrogens (tertiary/aromatic N) is 1. The number of benzene rings is 8. The van der Waals surface area contributed by atoms with E-state index in [4.69, 9.17) is 23.7 Å². The monoisotopic (exact) mass is 832 g/mol. The number of aromatic amines is 1. The van der Waals surface area contributed by atoms with Crippen molar-refractivity contribution in [3.63, 3.8) is 0 Å². The molecule has 0 aliphatic carbocycles. The number of rotatable bonds is 9. The molecule has 2 bridgehead atoms. The number of ether oxygens (including phenoxy) is 5. The van der Waals surface area contributed by atoms with E-state index in [0.717, 1.165) is 43.8 Å². The average molecular weight is 833 g/mol. The van der Waals surface area contributed by atoms with Crippen LogP contribution in [-0.2, 0) is 19.8 Å². The van der Waals surface area contributed by atoms with E-state index < -0.39 is 40.9 Å². The fourth-order valence-electron chi connectivity index (χ4n) is 9.70. The second kappa shape index (κ2) is 15.0. The van der Waals surface area contributed by atoms with Crippen molar-refractivity contribution in [1.29, 1.82) is 0 Å². The van der Waals surface area contributed by atoms with Gasteiger partial charge < -0.3 is 28.8 Å². The molecule has 10 nitrogen and oxygen atoms in total. The van der Waals surface area contributed by atoms with Crippen LogP contribution >= 0.6 is 0 Å². The van der Waals surface area contributed by atoms with Gasteiger partial charge in [0, 0.05) is 11.8 Å². The van der Waals surface area contributed by atoms with Crippen molar-refractivity contribution in [2.24, 2.45) is 0 Å². The lowest BCUT2D eigenvalue weighted by atomic mass is 9.79. The van der Waals surface area contributed by atoms with Crippen LogP contribution in [0.5, 0.6) is 11.5 Å². The Morgan fingerprint density at radius 2 is 1.25 bits per heavy atom. The molecule has 63 heavy (non-hydrogen) atoms. The van der Waals surface area contributed by atoms with Crippen molar-refractivity contribution in [3.8, 4) is 23.3 Å². The van der Waals surface area contributed by atoms with Gasteiger partial charge in [-0.25, -0.2) is 4.79 Å². The summed E-state index contributed by atoms with van der Waals surface area (Å²) < 4.78 is 32.2. The Hall–Kier alpha value is -7.26. The molecule has 3 heterocycles. The first kappa shape index (κ1) is 38.6. The topological polar surface area (TPSA) is 121 Å². The van der Waals surface area contributed by atoms with Crippen LogP contribution in [0.2, 0.25) is 0 Å². The van der Waals surface area contributed by atoms with Gasteiger partial charge in [0.05, 0.1) is 27.4 Å². The number of nitrogens with one attached hydrogen (secondary N) is 1. The highest BCUT2D eigenvalue weighted by atomic mass is 16.7. The van der Waals surface area contributed by atoms with Crippen LogP contribution < -0.4 is 20.7 Å². The molecule has 1 aromatic heterocycles. The summed E-state index contributed by atoms with van der Waals surface area (Å²) in [7, 11) is 3.23. The van der Waals surface area contributed by atoms with Gasteiger partial charge in [-0.2, -0.15) is 0 Å². The summed E-state index contributed by atoms with van der Waals surface area (Å²) >= 11 is 0. The molecule has 0 radical (unpaired) electrons. The zero-order valence-corrected chi connectivity index (χ0v) is 34.3. The minimum atomic E-state index is -1.39. The third kappa shape index (κ3) is 6.04. The minimum absolute atomic E-state index is 0.000228. The number of hydrogen-bond donors (Lipinski definition) is 2. The molecule has 8 aromatic carbocycles. The molecule has 11 rings (SSSR count). The van der Waals surface area contributed by atoms with Crippen LogP contribution in [0.3, 0.4) is 0 Å². The Balaban J connectivity index is 0.952. The molecule has 2 fully saturated rings. The number of hydrogen-bond acceptors (Lipinski definition) is 8. The summed E-state index contributed by atoms with van der Waals surface area (Å²) in [4.78, 5) is 29.4. The quantitative estimate of drug-likeness (QED) is 0.0650. The smallest absolute Gasteiger partial charge is 0.330 e. The van der Waals surface area contributed by atoms with Gasteiger partial charge in [-0.1, -0.05) is 127 Å². The van der Waals surface area contributed by atoms with Crippen molar-refractivity contribution >= 4 is 43.1 Å². The highest BCUT2D eigenvalue weighted by Gasteiger charge is 2.63. The second-order valence-corrected chi connectivity index (χ2v) is 16.1. The maximum absolute atomic E-state index is 13.6. The van der Waals surface area contributed by atoms with Crippen LogP contribution in [0.4, 0.5) is 0 Å². The molecular formula is C53H40N2O8. The summed E-state index contributed by atoms with van der Waals surface area (Å²) in [5.74, 6) is 7.65. The molecule has 2 saturated heterocycles. The molecule has 0 amide bonds. The summed E-state index contributed by atoms with van der Waals surface area (Å²) in [5, 5.41) is 21.0. The number of aromatic nitrogens is 2. The molecular weight excluding hydrogens is 793 g/mol. The van der Waals surface area contributed by atoms with Crippen LogP contribution in [0.1, 0.15) is 34.0 Å². The van der Waals surface area contributed by atoms with Crippen molar-refractivity contribution in [2.45, 2.75) is 29.6 Å². The van der Waals surface area contributed by atoms with Crippen molar-refractivity contribution < 1.29 is 28.8 Å². The van der Waals surface area contributed by atoms with Gasteiger partial charge in [0.25, 0.3) is 5.56 Å². The molecule has 0 unspecified atom stereocenters. The van der Waals surface area contributed by atoms with Gasteiger partial charge in [0.1, 0.15) is 40.5 Å². The van der Waals surface area contributed by atoms with Crippen LogP contribution in [-0.4, -0.2) is 59.9 Å². The maximum Gasteiger partial charge on any atom is 0.330 e. The predicted octanol–water partition coefficient (Wildman–Crippen LogP) is 8.04. The van der Waals surface area contributed by atoms with Crippen LogP contribution in [0.25, 0.3) is 43.1 Å². The molecule has 2 aliphatic heterocycles. The Labute approximate surface area is 361 Å². The highest BCUT2D eigenvalue weighted by molar-refractivity contribution is 6.33. The van der Waals surface area contributed by atoms with Crippen molar-refractivity contribution in [1.82, 2.24) is 9.55 Å². The Morgan fingerprint density at radius 3 is 1.90 bits per heavy atom. The summed E-state index contributed by atoms with van der Waals surface area (Å²) in [6, 6.07) is 48.1. The van der Waals surface area contributed by atoms with Gasteiger partial charge in [-0.15, -0.1) is 0 Å². The fourth-order valence-corrected chi connectivity index (χ4v) is 9.70. The van der Waals surface area contributed by atoms with Gasteiger partial charge in [-0.3, -0.25) is 14.3 Å². The van der Waals surface area contributed by atoms with E-state index in [2.05, 4.69) is 65.4 Å². The van der Waals surface area contributed by atoms with E-state index in [-0.39, 0.29) is 18.8 Å². The van der Waals surface area contributed by atoms with E-state index in [9.17, 15) is 14.7 Å². The first-order valence-corrected chi connectivity index (χ1v) is 20.7. The van der Waals surface area contributed by atoms with Crippen molar-refractivity contribution in [3.05, 3.63) is 200 Å². The third-order valence-electron chi connectivity index (χ3n) is 12.8. The molecule has 2 N–H and O–H groups in total. The maximum atomic E-state index is 13.6. The summed E-state index contributed by atoms with van der Waals surface area (Å²) in [5.41, 5.74) is -0.733. The zero-order chi connectivity index (χ0) is 42.9. The normalized spacial score (nSPS) is 19.5. The summed E-state index contributed by atoms with van der Waals surface area (Å²) in [6.45, 7) is -0.136. The molecule has 2 aliphatic rings. The molecule has 10 heteroatoms. The minimum Gasteiger partial charge on any atom is -0.497 e. The first-order valence-electron chi connectivity index (χ1n) is 20.7. The zero-order valence-electron chi connectivity index (χ0n) is 34.3. The highest BCUT2D eigenvalue weighted by Crippen LogP contribution is 2.48. The van der Waals surface area contributed by atoms with E-state index in [1.165, 1.54) is 32.3 Å². The standard InChI is InChI=1S/C53H40N2O8/c1-59-38-24-20-36(21-25-38)53(35-11-4-3-5-12-35,37-22-26-39(60-2)27-23-37)62-31-52-30-61-47(48(52)56)50(63-52)55-29-34(49(57)54-51(55)58)18-17-32-19-28-44-42-15-7-10-33-9-6-14-41(45(33)42)43-16-8-13-40(32)46(43)44/h3-16,19-29,47-48,50,56H,30-31H2,1-2H3,(H,54,57,58)/t47-,48+,50-,52-/m1/s1. The predicted molar refractivity (Wildman–Crippen MR) is 242 cm³/mol. The lowest BCUT2D eigenvalue weighted by Gasteiger charge is -2.39. The van der Waals surface area contributed by atoms with E-state index >= 15 is 0 Å². The van der Waals surface area contributed by atoms with Gasteiger partial charge in [0.2, 0.25) is 0 Å². The van der Waals surface area contributed by atoms with Crippen LogP contribution in [0.15, 0.2) is 161 Å². The molecule has 0 spiro atoms. The first-order chi connectivity index (χ1) is 30.8. The van der Waals surface area contributed by atoms with Gasteiger partial charge in [-0.05, 0) is 90.1 Å². The van der Waals surface area contributed by atoms with Crippen LogP contribution in [0, 0.1) is 11.8 Å². The van der Waals surface area contributed by atoms with Gasteiger partial charge >= 0.3 is 5.69 Å². The number of H-pyrrole nitrogens is 1. The molecule has 9 aromatic rings. The third-order valence-corrected chi connectivity index (χ3v) is 12.8. The molecule has 0 saturated carbocycles. The molecule has 4 atom stereocenters. The summed E-state index contributed by atoms with van der Waals surface area (Å²) in [6.07, 6.45) is -1.85. The van der Waals surface area contributed by atoms with Crippen molar-refractivity contribution in [2.75, 3.05) is 27.4 Å². The number of aliphatic hydroxyl groups excluding tert-OH is 1. The number of aliphatic hydroxyl groups is 1. The van der Waals surface area contributed by atoms with E-state index in [1.807, 2.05) is 97.1 Å². The fraction of sp³-hybridized carbons (Fsp3) is 0.170. The van der Waals surface area contributed by atoms with E-state index in [1.54, 1.807) is 14.2 Å². The lowest BCUT2D eigenvalue weighted by molar-refractivity contribution is -0.204. The largest absolute Gasteiger partial charge is 0.497 e. The number of fused-ring (bicyclic) bond motifs is 4. The van der Waals surface area contributed by atoms with Gasteiger partial charge in [0.15, 0.2) is 6.23 Å². The second-order valence-electron chi connectivity index (χ2n) is 16.1. The SMILES string of the molecule is COc1ccc(C(OC[C@@]23CO[C@@H]([C@H](n4cc(C#Cc5ccc6c7cccc8cccc(c9cccc5c96)c87)c(=O)[nH]c4=O)O2)[C@@H]3O)(c2ccccc2)c2ccc(OC)cc2)cc1. The number of methoxy groups -OCH3 is 2. The Bertz CT molecular complexity index is 3290.